The molecule has 0 saturated heterocycles. The molecule has 1 saturated carbocycles. The molecule has 4 heteroatoms. The van der Waals surface area contributed by atoms with E-state index in [1.54, 1.807) is 16.8 Å². The van der Waals surface area contributed by atoms with E-state index in [0.717, 1.165) is 18.5 Å². The summed E-state index contributed by atoms with van der Waals surface area (Å²) >= 11 is 0. The smallest absolute Gasteiger partial charge is 0.267 e. The minimum atomic E-state index is -0.321. The first-order chi connectivity index (χ1) is 8.79. The van der Waals surface area contributed by atoms with E-state index in [0.29, 0.717) is 12.3 Å². The van der Waals surface area contributed by atoms with Crippen LogP contribution >= 0.6 is 0 Å². The van der Waals surface area contributed by atoms with Crippen molar-refractivity contribution in [2.75, 3.05) is 0 Å². The predicted molar refractivity (Wildman–Crippen MR) is 75.1 cm³/mol. The number of aliphatic hydroxyl groups excluding tert-OH is 1. The molecular formula is C15H24N2O2. The molecule has 1 aromatic heterocycles. The first-order valence-corrected chi connectivity index (χ1v) is 7.03. The molecule has 1 heterocycles. The lowest BCUT2D eigenvalue weighted by Crippen LogP contribution is -2.41. The molecule has 3 atom stereocenters. The van der Waals surface area contributed by atoms with Crippen molar-refractivity contribution in [1.29, 1.82) is 0 Å². The first-order valence-electron chi connectivity index (χ1n) is 7.03. The molecule has 0 spiro atoms. The van der Waals surface area contributed by atoms with Gasteiger partial charge in [-0.15, -0.1) is 0 Å². The minimum absolute atomic E-state index is 0.00356. The van der Waals surface area contributed by atoms with Gasteiger partial charge in [0.1, 0.15) is 0 Å². The third-order valence-electron chi connectivity index (χ3n) is 4.17. The summed E-state index contributed by atoms with van der Waals surface area (Å²) in [4.78, 5) is 12.1. The van der Waals surface area contributed by atoms with E-state index in [2.05, 4.69) is 25.9 Å². The Kier molecular flexibility index (Phi) is 3.81. The number of aliphatic hydroxyl groups is 1. The Balaban J connectivity index is 2.42. The third-order valence-corrected chi connectivity index (χ3v) is 4.17. The lowest BCUT2D eigenvalue weighted by molar-refractivity contribution is 0.0233. The van der Waals surface area contributed by atoms with Crippen LogP contribution in [-0.2, 0) is 0 Å². The fourth-order valence-corrected chi connectivity index (χ4v) is 3.16. The third kappa shape index (κ3) is 3.06. The molecule has 1 fully saturated rings. The maximum absolute atomic E-state index is 12.1. The van der Waals surface area contributed by atoms with Crippen molar-refractivity contribution in [3.05, 3.63) is 28.2 Å². The van der Waals surface area contributed by atoms with Crippen LogP contribution < -0.4 is 5.56 Å². The normalized spacial score (nSPS) is 28.4. The van der Waals surface area contributed by atoms with Gasteiger partial charge in [-0.2, -0.15) is 5.10 Å². The minimum Gasteiger partial charge on any atom is -0.393 e. The van der Waals surface area contributed by atoms with Gasteiger partial charge < -0.3 is 5.11 Å². The summed E-state index contributed by atoms with van der Waals surface area (Å²) in [6, 6.07) is 3.31. The van der Waals surface area contributed by atoms with Gasteiger partial charge in [0.25, 0.3) is 5.56 Å². The highest BCUT2D eigenvalue weighted by molar-refractivity contribution is 5.00. The second kappa shape index (κ2) is 5.08. The Labute approximate surface area is 114 Å². The number of rotatable bonds is 1. The molecule has 1 N–H and O–H groups in total. The average Bonchev–Trinajstić information content (AvgIpc) is 2.30. The molecule has 3 unspecified atom stereocenters. The highest BCUT2D eigenvalue weighted by atomic mass is 16.3. The number of hydrogen-bond acceptors (Lipinski definition) is 3. The van der Waals surface area contributed by atoms with Gasteiger partial charge in [-0.05, 0) is 43.6 Å². The average molecular weight is 264 g/mol. The zero-order valence-electron chi connectivity index (χ0n) is 12.3. The monoisotopic (exact) mass is 264 g/mol. The zero-order chi connectivity index (χ0) is 14.2. The second-order valence-electron chi connectivity index (χ2n) is 6.76. The molecular weight excluding hydrogens is 240 g/mol. The molecule has 0 aromatic carbocycles. The second-order valence-corrected chi connectivity index (χ2v) is 6.76. The van der Waals surface area contributed by atoms with Crippen LogP contribution in [0.3, 0.4) is 0 Å². The lowest BCUT2D eigenvalue weighted by Gasteiger charge is -2.42. The number of hydrogen-bond donors (Lipinski definition) is 1. The van der Waals surface area contributed by atoms with E-state index >= 15 is 0 Å². The molecule has 19 heavy (non-hydrogen) atoms. The molecule has 0 aliphatic heterocycles. The van der Waals surface area contributed by atoms with Gasteiger partial charge in [-0.3, -0.25) is 4.79 Å². The Morgan fingerprint density at radius 2 is 2.00 bits per heavy atom. The number of aromatic nitrogens is 2. The summed E-state index contributed by atoms with van der Waals surface area (Å²) in [6.45, 7) is 8.48. The van der Waals surface area contributed by atoms with Crippen molar-refractivity contribution in [3.8, 4) is 0 Å². The molecule has 106 valence electrons. The SMILES string of the molecule is Cc1ccc(=O)n(C2CC(O)CCC2C(C)(C)C)n1. The van der Waals surface area contributed by atoms with Crippen LogP contribution in [0, 0.1) is 18.3 Å². The van der Waals surface area contributed by atoms with E-state index < -0.39 is 0 Å². The standard InChI is InChI=1S/C15H24N2O2/c1-10-5-8-14(19)17(16-10)13-9-11(18)6-7-12(13)15(2,3)4/h5,8,11-13,18H,6-7,9H2,1-4H3. The highest BCUT2D eigenvalue weighted by Crippen LogP contribution is 2.43. The van der Waals surface area contributed by atoms with E-state index in [-0.39, 0.29) is 23.1 Å². The Bertz CT molecular complexity index is 502. The van der Waals surface area contributed by atoms with Crippen molar-refractivity contribution in [1.82, 2.24) is 9.78 Å². The van der Waals surface area contributed by atoms with Gasteiger partial charge in [-0.1, -0.05) is 20.8 Å². The number of aryl methyl sites for hydroxylation is 1. The highest BCUT2D eigenvalue weighted by Gasteiger charge is 2.38. The van der Waals surface area contributed by atoms with Gasteiger partial charge in [0.2, 0.25) is 0 Å². The summed E-state index contributed by atoms with van der Waals surface area (Å²) in [5.74, 6) is 0.364. The first kappa shape index (κ1) is 14.3. The molecule has 0 bridgehead atoms. The van der Waals surface area contributed by atoms with E-state index in [9.17, 15) is 9.90 Å². The molecule has 0 radical (unpaired) electrons. The zero-order valence-corrected chi connectivity index (χ0v) is 12.3. The fourth-order valence-electron chi connectivity index (χ4n) is 3.16. The van der Waals surface area contributed by atoms with Crippen LogP contribution in [0.5, 0.6) is 0 Å². The quantitative estimate of drug-likeness (QED) is 0.846. The lowest BCUT2D eigenvalue weighted by atomic mass is 9.69. The van der Waals surface area contributed by atoms with E-state index in [4.69, 9.17) is 0 Å². The Morgan fingerprint density at radius 3 is 2.63 bits per heavy atom. The van der Waals surface area contributed by atoms with E-state index in [1.807, 2.05) is 6.92 Å². The molecule has 2 rings (SSSR count). The topological polar surface area (TPSA) is 55.1 Å². The maximum Gasteiger partial charge on any atom is 0.267 e. The molecule has 4 nitrogen and oxygen atoms in total. The molecule has 1 aliphatic rings. The molecule has 0 amide bonds. The maximum atomic E-state index is 12.1. The summed E-state index contributed by atoms with van der Waals surface area (Å²) < 4.78 is 1.59. The van der Waals surface area contributed by atoms with Crippen molar-refractivity contribution < 1.29 is 5.11 Å². The van der Waals surface area contributed by atoms with Crippen LogP contribution in [0.25, 0.3) is 0 Å². The number of nitrogens with zero attached hydrogens (tertiary/aromatic N) is 2. The van der Waals surface area contributed by atoms with Crippen LogP contribution in [0.2, 0.25) is 0 Å². The fraction of sp³-hybridized carbons (Fsp3) is 0.733. The van der Waals surface area contributed by atoms with Crippen molar-refractivity contribution >= 4 is 0 Å². The van der Waals surface area contributed by atoms with Crippen LogP contribution in [0.4, 0.5) is 0 Å². The summed E-state index contributed by atoms with van der Waals surface area (Å²) in [6.07, 6.45) is 2.06. The van der Waals surface area contributed by atoms with E-state index in [1.165, 1.54) is 0 Å². The Hall–Kier alpha value is -1.16. The van der Waals surface area contributed by atoms with Crippen molar-refractivity contribution in [2.24, 2.45) is 11.3 Å². The largest absolute Gasteiger partial charge is 0.393 e. The van der Waals surface area contributed by atoms with Crippen molar-refractivity contribution in [3.63, 3.8) is 0 Å². The van der Waals surface area contributed by atoms with Crippen LogP contribution in [0.1, 0.15) is 51.8 Å². The summed E-state index contributed by atoms with van der Waals surface area (Å²) in [7, 11) is 0. The predicted octanol–water partition coefficient (Wildman–Crippen LogP) is 2.30. The Morgan fingerprint density at radius 1 is 1.32 bits per heavy atom. The molecule has 1 aromatic rings. The van der Waals surface area contributed by atoms with Crippen molar-refractivity contribution in [2.45, 2.75) is 59.1 Å². The van der Waals surface area contributed by atoms with Crippen LogP contribution in [0.15, 0.2) is 16.9 Å². The summed E-state index contributed by atoms with van der Waals surface area (Å²) in [5, 5.41) is 14.3. The van der Waals surface area contributed by atoms with Crippen LogP contribution in [-0.4, -0.2) is 21.0 Å². The van der Waals surface area contributed by atoms with Gasteiger partial charge in [0.15, 0.2) is 0 Å². The van der Waals surface area contributed by atoms with Gasteiger partial charge in [0.05, 0.1) is 17.8 Å². The van der Waals surface area contributed by atoms with Gasteiger partial charge in [-0.25, -0.2) is 4.68 Å². The van der Waals surface area contributed by atoms with Gasteiger partial charge >= 0.3 is 0 Å². The van der Waals surface area contributed by atoms with Gasteiger partial charge in [0, 0.05) is 6.07 Å². The molecule has 1 aliphatic carbocycles. The summed E-state index contributed by atoms with van der Waals surface area (Å²) in [5.41, 5.74) is 0.877.